The predicted octanol–water partition coefficient (Wildman–Crippen LogP) is 1.35. The Bertz CT molecular complexity index is 389. The zero-order chi connectivity index (χ0) is 15.1. The average Bonchev–Trinajstić information content (AvgIpc) is 2.37. The lowest BCUT2D eigenvalue weighted by molar-refractivity contribution is -0.202. The molecule has 1 aliphatic heterocycles. The predicted molar refractivity (Wildman–Crippen MR) is 70.7 cm³/mol. The molecule has 0 aromatic carbocycles. The van der Waals surface area contributed by atoms with Gasteiger partial charge in [0.25, 0.3) is 0 Å². The van der Waals surface area contributed by atoms with Crippen LogP contribution in [0.2, 0.25) is 0 Å². The summed E-state index contributed by atoms with van der Waals surface area (Å²) < 4.78 is 21.1. The Kier molecular flexibility index (Phi) is 6.41. The van der Waals surface area contributed by atoms with Crippen LogP contribution in [0.3, 0.4) is 0 Å². The zero-order valence-electron chi connectivity index (χ0n) is 11.9. The van der Waals surface area contributed by atoms with Crippen molar-refractivity contribution in [1.29, 1.82) is 0 Å². The van der Waals surface area contributed by atoms with Crippen molar-refractivity contribution >= 4 is 11.9 Å². The van der Waals surface area contributed by atoms with E-state index in [4.69, 9.17) is 18.9 Å². The molecule has 4 atom stereocenters. The highest BCUT2D eigenvalue weighted by Gasteiger charge is 2.31. The van der Waals surface area contributed by atoms with Crippen molar-refractivity contribution in [3.8, 4) is 0 Å². The number of rotatable bonds is 6. The van der Waals surface area contributed by atoms with Crippen LogP contribution >= 0.6 is 0 Å². The van der Waals surface area contributed by atoms with Gasteiger partial charge in [-0.25, -0.2) is 0 Å². The molecule has 1 unspecified atom stereocenters. The first-order valence-electron chi connectivity index (χ1n) is 6.34. The highest BCUT2D eigenvalue weighted by atomic mass is 16.7. The van der Waals surface area contributed by atoms with Gasteiger partial charge in [-0.15, -0.1) is 6.58 Å². The molecular formula is C14H20O6. The summed E-state index contributed by atoms with van der Waals surface area (Å²) in [6.07, 6.45) is 2.95. The molecule has 0 spiro atoms. The number of hydrogen-bond donors (Lipinski definition) is 0. The molecule has 0 radical (unpaired) electrons. The molecule has 0 bridgehead atoms. The highest BCUT2D eigenvalue weighted by Crippen LogP contribution is 2.19. The number of esters is 2. The molecule has 0 saturated heterocycles. The van der Waals surface area contributed by atoms with Gasteiger partial charge in [0.1, 0.15) is 18.8 Å². The number of carbonyl (C=O) groups is 2. The van der Waals surface area contributed by atoms with Crippen LogP contribution in [0, 0.1) is 0 Å². The topological polar surface area (TPSA) is 71.1 Å². The maximum Gasteiger partial charge on any atom is 0.303 e. The Labute approximate surface area is 118 Å². The van der Waals surface area contributed by atoms with E-state index in [0.29, 0.717) is 0 Å². The molecule has 0 aromatic rings. The summed E-state index contributed by atoms with van der Waals surface area (Å²) in [6, 6.07) is 0. The Hall–Kier alpha value is -1.66. The maximum absolute atomic E-state index is 11.0. The van der Waals surface area contributed by atoms with Crippen LogP contribution < -0.4 is 0 Å². The van der Waals surface area contributed by atoms with Gasteiger partial charge < -0.3 is 18.9 Å². The van der Waals surface area contributed by atoms with Gasteiger partial charge in [0.05, 0.1) is 6.10 Å². The standard InChI is InChI=1S/C14H20O6/c1-5-9(2)18-14-7-6-12(19-11(4)16)13(20-14)8-17-10(3)15/h5-7,9,12-14H,1,8H2,2-4H3/t9?,12-,13+,14-/m0/s1. The molecular weight excluding hydrogens is 264 g/mol. The van der Waals surface area contributed by atoms with Crippen molar-refractivity contribution in [2.24, 2.45) is 0 Å². The van der Waals surface area contributed by atoms with E-state index in [-0.39, 0.29) is 12.7 Å². The fraction of sp³-hybridized carbons (Fsp3) is 0.571. The summed E-state index contributed by atoms with van der Waals surface area (Å²) in [4.78, 5) is 21.9. The number of hydrogen-bond acceptors (Lipinski definition) is 6. The second-order valence-electron chi connectivity index (χ2n) is 4.38. The summed E-state index contributed by atoms with van der Waals surface area (Å²) in [7, 11) is 0. The first-order valence-corrected chi connectivity index (χ1v) is 6.34. The second-order valence-corrected chi connectivity index (χ2v) is 4.38. The van der Waals surface area contributed by atoms with E-state index in [1.165, 1.54) is 13.8 Å². The molecule has 112 valence electrons. The molecule has 0 saturated carbocycles. The molecule has 20 heavy (non-hydrogen) atoms. The van der Waals surface area contributed by atoms with Crippen molar-refractivity contribution < 1.29 is 28.5 Å². The quantitative estimate of drug-likeness (QED) is 0.541. The van der Waals surface area contributed by atoms with Crippen LogP contribution in [-0.2, 0) is 28.5 Å². The van der Waals surface area contributed by atoms with Gasteiger partial charge in [-0.1, -0.05) is 6.08 Å². The van der Waals surface area contributed by atoms with Gasteiger partial charge in [-0.05, 0) is 19.1 Å². The Morgan fingerprint density at radius 3 is 2.60 bits per heavy atom. The third kappa shape index (κ3) is 5.54. The molecule has 1 rings (SSSR count). The average molecular weight is 284 g/mol. The first-order chi connectivity index (χ1) is 9.42. The second kappa shape index (κ2) is 7.81. The lowest BCUT2D eigenvalue weighted by atomic mass is 10.1. The lowest BCUT2D eigenvalue weighted by Crippen LogP contribution is -2.42. The molecule has 0 fully saturated rings. The summed E-state index contributed by atoms with van der Waals surface area (Å²) >= 11 is 0. The van der Waals surface area contributed by atoms with Crippen LogP contribution in [0.15, 0.2) is 24.8 Å². The van der Waals surface area contributed by atoms with Gasteiger partial charge in [-0.2, -0.15) is 0 Å². The van der Waals surface area contributed by atoms with E-state index in [1.54, 1.807) is 18.2 Å². The minimum Gasteiger partial charge on any atom is -0.463 e. The molecule has 0 amide bonds. The van der Waals surface area contributed by atoms with E-state index in [2.05, 4.69) is 6.58 Å². The van der Waals surface area contributed by atoms with E-state index < -0.39 is 30.4 Å². The maximum atomic E-state index is 11.0. The van der Waals surface area contributed by atoms with E-state index >= 15 is 0 Å². The van der Waals surface area contributed by atoms with E-state index in [0.717, 1.165) is 0 Å². The van der Waals surface area contributed by atoms with Crippen LogP contribution in [0.4, 0.5) is 0 Å². The molecule has 1 heterocycles. The van der Waals surface area contributed by atoms with Crippen molar-refractivity contribution in [3.05, 3.63) is 24.8 Å². The molecule has 0 aliphatic carbocycles. The zero-order valence-corrected chi connectivity index (χ0v) is 11.9. The van der Waals surface area contributed by atoms with Crippen molar-refractivity contribution in [2.75, 3.05) is 6.61 Å². The van der Waals surface area contributed by atoms with Crippen LogP contribution in [-0.4, -0.2) is 43.1 Å². The Balaban J connectivity index is 2.68. The summed E-state index contributed by atoms with van der Waals surface area (Å²) in [6.45, 7) is 8.03. The molecule has 0 aromatic heterocycles. The largest absolute Gasteiger partial charge is 0.463 e. The monoisotopic (exact) mass is 284 g/mol. The lowest BCUT2D eigenvalue weighted by Gasteiger charge is -2.32. The van der Waals surface area contributed by atoms with Crippen molar-refractivity contribution in [2.45, 2.75) is 45.4 Å². The minimum absolute atomic E-state index is 0.0139. The number of ether oxygens (including phenoxy) is 4. The van der Waals surface area contributed by atoms with E-state index in [9.17, 15) is 9.59 Å². The van der Waals surface area contributed by atoms with E-state index in [1.807, 2.05) is 6.92 Å². The smallest absolute Gasteiger partial charge is 0.303 e. The highest BCUT2D eigenvalue weighted by molar-refractivity contribution is 5.66. The Morgan fingerprint density at radius 1 is 1.35 bits per heavy atom. The fourth-order valence-electron chi connectivity index (χ4n) is 1.60. The Morgan fingerprint density at radius 2 is 2.05 bits per heavy atom. The van der Waals surface area contributed by atoms with Crippen LogP contribution in [0.1, 0.15) is 20.8 Å². The third-order valence-electron chi connectivity index (χ3n) is 2.57. The van der Waals surface area contributed by atoms with Gasteiger partial charge >= 0.3 is 11.9 Å². The molecule has 6 heteroatoms. The minimum atomic E-state index is -0.606. The molecule has 1 aliphatic rings. The fourth-order valence-corrected chi connectivity index (χ4v) is 1.60. The normalized spacial score (nSPS) is 26.6. The first kappa shape index (κ1) is 16.4. The van der Waals surface area contributed by atoms with Gasteiger partial charge in [-0.3, -0.25) is 9.59 Å². The van der Waals surface area contributed by atoms with Crippen LogP contribution in [0.5, 0.6) is 0 Å². The molecule has 6 nitrogen and oxygen atoms in total. The van der Waals surface area contributed by atoms with Crippen molar-refractivity contribution in [1.82, 2.24) is 0 Å². The third-order valence-corrected chi connectivity index (χ3v) is 2.57. The van der Waals surface area contributed by atoms with Crippen molar-refractivity contribution in [3.63, 3.8) is 0 Å². The van der Waals surface area contributed by atoms with Gasteiger partial charge in [0.2, 0.25) is 0 Å². The van der Waals surface area contributed by atoms with Crippen LogP contribution in [0.25, 0.3) is 0 Å². The summed E-state index contributed by atoms with van der Waals surface area (Å²) in [5.74, 6) is -0.864. The molecule has 0 N–H and O–H groups in total. The van der Waals surface area contributed by atoms with Gasteiger partial charge in [0, 0.05) is 13.8 Å². The van der Waals surface area contributed by atoms with Gasteiger partial charge in [0.15, 0.2) is 6.29 Å². The summed E-state index contributed by atoms with van der Waals surface area (Å²) in [5.41, 5.74) is 0. The number of carbonyl (C=O) groups excluding carboxylic acids is 2. The summed E-state index contributed by atoms with van der Waals surface area (Å²) in [5, 5.41) is 0. The SMILES string of the molecule is C=CC(C)O[C@@H]1C=C[C@H](OC(C)=O)[C@@H](COC(C)=O)O1.